The Balaban J connectivity index is 2.07. The first kappa shape index (κ1) is 11.7. The molecule has 0 unspecified atom stereocenters. The van der Waals surface area contributed by atoms with Gasteiger partial charge in [0, 0.05) is 18.7 Å². The van der Waals surface area contributed by atoms with Crippen LogP contribution in [-0.2, 0) is 0 Å². The summed E-state index contributed by atoms with van der Waals surface area (Å²) in [7, 11) is 1.54. The molecule has 1 aliphatic rings. The molecular weight excluding hydrogens is 218 g/mol. The molecule has 0 saturated carbocycles. The molecule has 0 bridgehead atoms. The topological polar surface area (TPSA) is 67.6 Å². The van der Waals surface area contributed by atoms with Crippen LogP contribution in [0.1, 0.15) is 23.2 Å². The molecule has 0 radical (unpaired) electrons. The molecule has 0 atom stereocenters. The molecule has 5 heteroatoms. The van der Waals surface area contributed by atoms with Gasteiger partial charge in [0.15, 0.2) is 0 Å². The predicted molar refractivity (Wildman–Crippen MR) is 65.7 cm³/mol. The number of nitrogens with zero attached hydrogens (tertiary/aromatic N) is 1. The summed E-state index contributed by atoms with van der Waals surface area (Å²) in [5.41, 5.74) is 9.65. The molecule has 1 amide bonds. The SMILES string of the molecule is COc1cc(C(=O)NN2CCCC2)ccc1N. The molecule has 1 saturated heterocycles. The molecule has 17 heavy (non-hydrogen) atoms. The van der Waals surface area contributed by atoms with Gasteiger partial charge in [0.05, 0.1) is 12.8 Å². The van der Waals surface area contributed by atoms with Gasteiger partial charge in [-0.2, -0.15) is 0 Å². The van der Waals surface area contributed by atoms with Crippen molar-refractivity contribution in [2.75, 3.05) is 25.9 Å². The van der Waals surface area contributed by atoms with Crippen LogP contribution in [0.5, 0.6) is 5.75 Å². The van der Waals surface area contributed by atoms with E-state index in [0.29, 0.717) is 17.0 Å². The fourth-order valence-electron chi connectivity index (χ4n) is 1.89. The van der Waals surface area contributed by atoms with Gasteiger partial charge in [-0.25, -0.2) is 5.01 Å². The van der Waals surface area contributed by atoms with E-state index in [1.807, 2.05) is 5.01 Å². The van der Waals surface area contributed by atoms with Crippen molar-refractivity contribution in [1.29, 1.82) is 0 Å². The molecule has 0 spiro atoms. The summed E-state index contributed by atoms with van der Waals surface area (Å²) < 4.78 is 5.09. The monoisotopic (exact) mass is 235 g/mol. The lowest BCUT2D eigenvalue weighted by molar-refractivity contribution is 0.0825. The van der Waals surface area contributed by atoms with E-state index in [9.17, 15) is 4.79 Å². The Hall–Kier alpha value is -1.75. The number of hydrogen-bond acceptors (Lipinski definition) is 4. The van der Waals surface area contributed by atoms with Crippen LogP contribution in [-0.4, -0.2) is 31.1 Å². The molecule has 2 rings (SSSR count). The molecule has 1 heterocycles. The van der Waals surface area contributed by atoms with Crippen molar-refractivity contribution in [1.82, 2.24) is 10.4 Å². The smallest absolute Gasteiger partial charge is 0.265 e. The summed E-state index contributed by atoms with van der Waals surface area (Å²) in [6.07, 6.45) is 2.26. The molecule has 1 aliphatic heterocycles. The van der Waals surface area contributed by atoms with Gasteiger partial charge in [0.1, 0.15) is 5.75 Å². The number of nitrogens with one attached hydrogen (secondary N) is 1. The number of rotatable bonds is 3. The van der Waals surface area contributed by atoms with Crippen LogP contribution < -0.4 is 15.9 Å². The number of nitrogens with two attached hydrogens (primary N) is 1. The molecule has 1 aromatic carbocycles. The van der Waals surface area contributed by atoms with Crippen LogP contribution in [0.15, 0.2) is 18.2 Å². The Morgan fingerprint density at radius 2 is 2.12 bits per heavy atom. The molecular formula is C12H17N3O2. The van der Waals surface area contributed by atoms with Gasteiger partial charge in [-0.15, -0.1) is 0 Å². The molecule has 0 aliphatic carbocycles. The molecule has 1 aromatic rings. The molecule has 3 N–H and O–H groups in total. The predicted octanol–water partition coefficient (Wildman–Crippen LogP) is 1.02. The van der Waals surface area contributed by atoms with E-state index in [4.69, 9.17) is 10.5 Å². The summed E-state index contributed by atoms with van der Waals surface area (Å²) in [5, 5.41) is 1.94. The summed E-state index contributed by atoms with van der Waals surface area (Å²) in [4.78, 5) is 11.9. The highest BCUT2D eigenvalue weighted by Gasteiger charge is 2.15. The van der Waals surface area contributed by atoms with Crippen LogP contribution in [0.3, 0.4) is 0 Å². The minimum absolute atomic E-state index is 0.120. The second kappa shape index (κ2) is 5.05. The van der Waals surface area contributed by atoms with E-state index in [1.54, 1.807) is 18.2 Å². The highest BCUT2D eigenvalue weighted by Crippen LogP contribution is 2.22. The van der Waals surface area contributed by atoms with E-state index < -0.39 is 0 Å². The number of carbonyl (C=O) groups is 1. The number of ether oxygens (including phenoxy) is 1. The van der Waals surface area contributed by atoms with Gasteiger partial charge in [-0.05, 0) is 31.0 Å². The second-order valence-corrected chi connectivity index (χ2v) is 4.09. The normalized spacial score (nSPS) is 15.8. The van der Waals surface area contributed by atoms with Crippen molar-refractivity contribution in [3.05, 3.63) is 23.8 Å². The first-order chi connectivity index (χ1) is 8.20. The Morgan fingerprint density at radius 3 is 2.76 bits per heavy atom. The standard InChI is InChI=1S/C12H17N3O2/c1-17-11-8-9(4-5-10(11)13)12(16)14-15-6-2-3-7-15/h4-5,8H,2-3,6-7,13H2,1H3,(H,14,16). The lowest BCUT2D eigenvalue weighted by atomic mass is 10.2. The van der Waals surface area contributed by atoms with Gasteiger partial charge in [0.2, 0.25) is 0 Å². The van der Waals surface area contributed by atoms with Gasteiger partial charge in [-0.3, -0.25) is 10.2 Å². The average molecular weight is 235 g/mol. The zero-order valence-electron chi connectivity index (χ0n) is 9.90. The first-order valence-electron chi connectivity index (χ1n) is 5.70. The largest absolute Gasteiger partial charge is 0.495 e. The highest BCUT2D eigenvalue weighted by molar-refractivity contribution is 5.94. The number of hydrazine groups is 1. The number of benzene rings is 1. The Labute approximate surface area is 101 Å². The second-order valence-electron chi connectivity index (χ2n) is 4.09. The van der Waals surface area contributed by atoms with E-state index >= 15 is 0 Å². The van der Waals surface area contributed by atoms with E-state index in [2.05, 4.69) is 5.43 Å². The third-order valence-corrected chi connectivity index (χ3v) is 2.86. The van der Waals surface area contributed by atoms with Crippen molar-refractivity contribution in [3.63, 3.8) is 0 Å². The van der Waals surface area contributed by atoms with Crippen LogP contribution >= 0.6 is 0 Å². The molecule has 0 aromatic heterocycles. The molecule has 92 valence electrons. The summed E-state index contributed by atoms with van der Waals surface area (Å²) in [5.74, 6) is 0.407. The van der Waals surface area contributed by atoms with Crippen molar-refractivity contribution in [3.8, 4) is 5.75 Å². The summed E-state index contributed by atoms with van der Waals surface area (Å²) in [6.45, 7) is 1.83. The Bertz CT molecular complexity index is 414. The maximum absolute atomic E-state index is 11.9. The third kappa shape index (κ3) is 2.68. The maximum atomic E-state index is 11.9. The first-order valence-corrected chi connectivity index (χ1v) is 5.70. The minimum atomic E-state index is -0.120. The van der Waals surface area contributed by atoms with Crippen LogP contribution in [0.2, 0.25) is 0 Å². The minimum Gasteiger partial charge on any atom is -0.495 e. The van der Waals surface area contributed by atoms with Gasteiger partial charge in [-0.1, -0.05) is 0 Å². The zero-order valence-corrected chi connectivity index (χ0v) is 9.90. The van der Waals surface area contributed by atoms with Gasteiger partial charge in [0.25, 0.3) is 5.91 Å². The summed E-state index contributed by atoms with van der Waals surface area (Å²) in [6, 6.07) is 5.03. The number of methoxy groups -OCH3 is 1. The van der Waals surface area contributed by atoms with Crippen LogP contribution in [0.4, 0.5) is 5.69 Å². The fraction of sp³-hybridized carbons (Fsp3) is 0.417. The van der Waals surface area contributed by atoms with Crippen LogP contribution in [0.25, 0.3) is 0 Å². The zero-order chi connectivity index (χ0) is 12.3. The lowest BCUT2D eigenvalue weighted by Gasteiger charge is -2.16. The number of carbonyl (C=O) groups excluding carboxylic acids is 1. The van der Waals surface area contributed by atoms with Crippen molar-refractivity contribution in [2.45, 2.75) is 12.8 Å². The Kier molecular flexibility index (Phi) is 3.49. The maximum Gasteiger partial charge on any atom is 0.265 e. The number of anilines is 1. The van der Waals surface area contributed by atoms with Crippen molar-refractivity contribution < 1.29 is 9.53 Å². The Morgan fingerprint density at radius 1 is 1.41 bits per heavy atom. The average Bonchev–Trinajstić information content (AvgIpc) is 2.82. The van der Waals surface area contributed by atoms with E-state index in [1.165, 1.54) is 7.11 Å². The van der Waals surface area contributed by atoms with Gasteiger partial charge >= 0.3 is 0 Å². The molecule has 1 fully saturated rings. The van der Waals surface area contributed by atoms with Crippen molar-refractivity contribution in [2.24, 2.45) is 0 Å². The quantitative estimate of drug-likeness (QED) is 0.767. The third-order valence-electron chi connectivity index (χ3n) is 2.86. The van der Waals surface area contributed by atoms with Crippen LogP contribution in [0, 0.1) is 0 Å². The van der Waals surface area contributed by atoms with Gasteiger partial charge < -0.3 is 10.5 Å². The summed E-state index contributed by atoms with van der Waals surface area (Å²) >= 11 is 0. The number of amides is 1. The van der Waals surface area contributed by atoms with E-state index in [0.717, 1.165) is 25.9 Å². The van der Waals surface area contributed by atoms with E-state index in [-0.39, 0.29) is 5.91 Å². The van der Waals surface area contributed by atoms with Crippen molar-refractivity contribution >= 4 is 11.6 Å². The number of nitrogen functional groups attached to an aromatic ring is 1. The lowest BCUT2D eigenvalue weighted by Crippen LogP contribution is -2.39. The fourth-order valence-corrected chi connectivity index (χ4v) is 1.89. The highest BCUT2D eigenvalue weighted by atomic mass is 16.5. The molecule has 5 nitrogen and oxygen atoms in total. The number of hydrogen-bond donors (Lipinski definition) is 2.